The van der Waals surface area contributed by atoms with Crippen LogP contribution in [-0.2, 0) is 0 Å². The van der Waals surface area contributed by atoms with Crippen LogP contribution in [0.15, 0.2) is 53.8 Å². The maximum Gasteiger partial charge on any atom is 0.341 e. The van der Waals surface area contributed by atoms with Crippen molar-refractivity contribution in [1.82, 2.24) is 10.3 Å². The third-order valence-electron chi connectivity index (χ3n) is 3.72. The van der Waals surface area contributed by atoms with Gasteiger partial charge in [-0.2, -0.15) is 5.26 Å². The van der Waals surface area contributed by atoms with Crippen LogP contribution in [-0.4, -0.2) is 16.7 Å². The highest BCUT2D eigenvalue weighted by Crippen LogP contribution is 2.29. The maximum absolute atomic E-state index is 11.7. The number of hydrogen-bond acceptors (Lipinski definition) is 3. The van der Waals surface area contributed by atoms with Crippen LogP contribution in [0.4, 0.5) is 4.79 Å². The molecule has 108 valence electrons. The van der Waals surface area contributed by atoms with Crippen LogP contribution in [0, 0.1) is 17.2 Å². The first-order chi connectivity index (χ1) is 10.7. The highest BCUT2D eigenvalue weighted by molar-refractivity contribution is 5.99. The summed E-state index contributed by atoms with van der Waals surface area (Å²) in [5.74, 6) is -0.457. The highest BCUT2D eigenvalue weighted by atomic mass is 16.2. The molecule has 3 rings (SSSR count). The number of urea groups is 1. The van der Waals surface area contributed by atoms with E-state index in [9.17, 15) is 10.1 Å². The number of nitriles is 1. The van der Waals surface area contributed by atoms with Gasteiger partial charge >= 0.3 is 6.03 Å². The van der Waals surface area contributed by atoms with Gasteiger partial charge in [-0.25, -0.2) is 9.79 Å². The van der Waals surface area contributed by atoms with Crippen LogP contribution in [0.1, 0.15) is 18.5 Å². The smallest absolute Gasteiger partial charge is 0.328 e. The number of nitrogens with zero attached hydrogens (tertiary/aromatic N) is 3. The SMILES string of the molecule is CC1=NC(=O)NC(c2cccc(-c3cccnc3)c2)C1C#N. The molecule has 5 heteroatoms. The fourth-order valence-electron chi connectivity index (χ4n) is 2.61. The van der Waals surface area contributed by atoms with Crippen molar-refractivity contribution in [2.75, 3.05) is 0 Å². The third kappa shape index (κ3) is 2.59. The van der Waals surface area contributed by atoms with Gasteiger partial charge in [0, 0.05) is 18.1 Å². The first kappa shape index (κ1) is 14.0. The lowest BCUT2D eigenvalue weighted by Crippen LogP contribution is -2.39. The van der Waals surface area contributed by atoms with Gasteiger partial charge in [0.05, 0.1) is 12.1 Å². The van der Waals surface area contributed by atoms with Gasteiger partial charge in [0.25, 0.3) is 0 Å². The zero-order valence-corrected chi connectivity index (χ0v) is 12.0. The van der Waals surface area contributed by atoms with Crippen molar-refractivity contribution in [3.63, 3.8) is 0 Å². The highest BCUT2D eigenvalue weighted by Gasteiger charge is 2.31. The minimum Gasteiger partial charge on any atom is -0.328 e. The number of carbonyl (C=O) groups is 1. The molecule has 0 saturated carbocycles. The van der Waals surface area contributed by atoms with Crippen molar-refractivity contribution < 1.29 is 4.79 Å². The predicted octanol–water partition coefficient (Wildman–Crippen LogP) is 3.11. The minimum absolute atomic E-state index is 0.383. The van der Waals surface area contributed by atoms with Gasteiger partial charge in [0.1, 0.15) is 5.92 Å². The average Bonchev–Trinajstić information content (AvgIpc) is 2.55. The van der Waals surface area contributed by atoms with Crippen LogP contribution < -0.4 is 5.32 Å². The van der Waals surface area contributed by atoms with E-state index in [0.717, 1.165) is 16.7 Å². The molecule has 0 fully saturated rings. The Morgan fingerprint density at radius 2 is 2.05 bits per heavy atom. The van der Waals surface area contributed by atoms with E-state index in [0.29, 0.717) is 5.71 Å². The summed E-state index contributed by atoms with van der Waals surface area (Å²) in [6.07, 6.45) is 3.51. The zero-order chi connectivity index (χ0) is 15.5. The zero-order valence-electron chi connectivity index (χ0n) is 12.0. The number of amides is 2. The molecule has 1 aliphatic rings. The lowest BCUT2D eigenvalue weighted by Gasteiger charge is -2.27. The summed E-state index contributed by atoms with van der Waals surface area (Å²) in [6, 6.07) is 13.1. The van der Waals surface area contributed by atoms with E-state index >= 15 is 0 Å². The largest absolute Gasteiger partial charge is 0.341 e. The molecule has 2 amide bonds. The molecule has 2 heterocycles. The van der Waals surface area contributed by atoms with Gasteiger partial charge in [-0.05, 0) is 35.7 Å². The van der Waals surface area contributed by atoms with Gasteiger partial charge in [-0.1, -0.05) is 24.3 Å². The first-order valence-corrected chi connectivity index (χ1v) is 6.94. The molecule has 0 aliphatic carbocycles. The van der Waals surface area contributed by atoms with Crippen LogP contribution >= 0.6 is 0 Å². The van der Waals surface area contributed by atoms with E-state index in [1.54, 1.807) is 19.3 Å². The fraction of sp³-hybridized carbons (Fsp3) is 0.176. The van der Waals surface area contributed by atoms with Crippen molar-refractivity contribution in [3.8, 4) is 17.2 Å². The van der Waals surface area contributed by atoms with Gasteiger partial charge in [0.15, 0.2) is 0 Å². The fourth-order valence-corrected chi connectivity index (χ4v) is 2.61. The van der Waals surface area contributed by atoms with Gasteiger partial charge in [0.2, 0.25) is 0 Å². The third-order valence-corrected chi connectivity index (χ3v) is 3.72. The van der Waals surface area contributed by atoms with Crippen molar-refractivity contribution >= 4 is 11.7 Å². The minimum atomic E-state index is -0.457. The molecule has 1 N–H and O–H groups in total. The van der Waals surface area contributed by atoms with Gasteiger partial charge in [-0.3, -0.25) is 4.98 Å². The van der Waals surface area contributed by atoms with Crippen molar-refractivity contribution in [1.29, 1.82) is 5.26 Å². The molecule has 1 aromatic heterocycles. The molecule has 0 spiro atoms. The second-order valence-corrected chi connectivity index (χ2v) is 5.15. The number of benzene rings is 1. The van der Waals surface area contributed by atoms with Crippen molar-refractivity contribution in [2.24, 2.45) is 10.9 Å². The summed E-state index contributed by atoms with van der Waals surface area (Å²) in [4.78, 5) is 19.6. The summed E-state index contributed by atoms with van der Waals surface area (Å²) in [5, 5.41) is 12.2. The molecule has 1 aliphatic heterocycles. The number of pyridine rings is 1. The van der Waals surface area contributed by atoms with E-state index in [4.69, 9.17) is 0 Å². The molecule has 22 heavy (non-hydrogen) atoms. The van der Waals surface area contributed by atoms with Gasteiger partial charge in [-0.15, -0.1) is 0 Å². The quantitative estimate of drug-likeness (QED) is 0.923. The Morgan fingerprint density at radius 3 is 2.77 bits per heavy atom. The molecule has 2 atom stereocenters. The molecule has 0 bridgehead atoms. The molecule has 5 nitrogen and oxygen atoms in total. The molecule has 2 aromatic rings. The van der Waals surface area contributed by atoms with E-state index < -0.39 is 11.9 Å². The Kier molecular flexibility index (Phi) is 3.67. The molecule has 2 unspecified atom stereocenters. The number of aliphatic imine (C=N–C) groups is 1. The second kappa shape index (κ2) is 5.78. The molecule has 0 saturated heterocycles. The topological polar surface area (TPSA) is 78.1 Å². The van der Waals surface area contributed by atoms with E-state index in [1.807, 2.05) is 36.4 Å². The number of carbonyl (C=O) groups excluding carboxylic acids is 1. The first-order valence-electron chi connectivity index (χ1n) is 6.94. The monoisotopic (exact) mass is 290 g/mol. The number of hydrogen-bond donors (Lipinski definition) is 1. The molecule has 1 aromatic carbocycles. The van der Waals surface area contributed by atoms with E-state index in [2.05, 4.69) is 21.4 Å². The second-order valence-electron chi connectivity index (χ2n) is 5.15. The summed E-state index contributed by atoms with van der Waals surface area (Å²) < 4.78 is 0. The Bertz CT molecular complexity index is 777. The molecular formula is C17H14N4O. The molecular weight excluding hydrogens is 276 g/mol. The van der Waals surface area contributed by atoms with Crippen molar-refractivity contribution in [2.45, 2.75) is 13.0 Å². The summed E-state index contributed by atoms with van der Waals surface area (Å²) in [7, 11) is 0. The van der Waals surface area contributed by atoms with Crippen LogP contribution in [0.3, 0.4) is 0 Å². The predicted molar refractivity (Wildman–Crippen MR) is 83.2 cm³/mol. The van der Waals surface area contributed by atoms with Crippen LogP contribution in [0.5, 0.6) is 0 Å². The lowest BCUT2D eigenvalue weighted by molar-refractivity contribution is 0.242. The lowest BCUT2D eigenvalue weighted by atomic mass is 9.88. The van der Waals surface area contributed by atoms with E-state index in [-0.39, 0.29) is 6.04 Å². The standard InChI is InChI=1S/C17H14N4O/c1-11-15(9-18)16(21-17(22)20-11)13-5-2-4-12(8-13)14-6-3-7-19-10-14/h2-8,10,15-16H,1H3,(H,21,22). The Morgan fingerprint density at radius 1 is 1.23 bits per heavy atom. The number of aromatic nitrogens is 1. The number of rotatable bonds is 2. The summed E-state index contributed by atoms with van der Waals surface area (Å²) in [5.41, 5.74) is 3.42. The average molecular weight is 290 g/mol. The Balaban J connectivity index is 2.01. The Labute approximate surface area is 128 Å². The summed E-state index contributed by atoms with van der Waals surface area (Å²) in [6.45, 7) is 1.71. The van der Waals surface area contributed by atoms with Crippen LogP contribution in [0.25, 0.3) is 11.1 Å². The van der Waals surface area contributed by atoms with Gasteiger partial charge < -0.3 is 5.32 Å². The van der Waals surface area contributed by atoms with Crippen LogP contribution in [0.2, 0.25) is 0 Å². The van der Waals surface area contributed by atoms with E-state index in [1.165, 1.54) is 0 Å². The summed E-state index contributed by atoms with van der Waals surface area (Å²) >= 11 is 0. The van der Waals surface area contributed by atoms with Crippen molar-refractivity contribution in [3.05, 3.63) is 54.4 Å². The normalized spacial score (nSPS) is 20.7. The number of nitrogens with one attached hydrogen (secondary N) is 1. The maximum atomic E-state index is 11.7. The Hall–Kier alpha value is -3.00. The molecule has 0 radical (unpaired) electrons.